The summed E-state index contributed by atoms with van der Waals surface area (Å²) in [5.41, 5.74) is -1.75. The maximum absolute atomic E-state index is 13.0. The number of hydrogen-bond donors (Lipinski definition) is 2. The second kappa shape index (κ2) is 9.04. The molecule has 4 rings (SSSR count). The third-order valence-corrected chi connectivity index (χ3v) is 7.76. The van der Waals surface area contributed by atoms with Crippen molar-refractivity contribution in [3.8, 4) is 0 Å². The monoisotopic (exact) mass is 491 g/mol. The van der Waals surface area contributed by atoms with Gasteiger partial charge < -0.3 is 15.1 Å². The van der Waals surface area contributed by atoms with Crippen LogP contribution in [0.4, 0.5) is 26.3 Å². The fourth-order valence-corrected chi connectivity index (χ4v) is 5.63. The van der Waals surface area contributed by atoms with Crippen molar-refractivity contribution in [1.82, 2.24) is 4.90 Å². The van der Waals surface area contributed by atoms with Gasteiger partial charge in [0.15, 0.2) is 0 Å². The molecule has 190 valence electrons. The van der Waals surface area contributed by atoms with Crippen molar-refractivity contribution in [2.24, 2.45) is 5.41 Å². The number of alkyl halides is 6. The van der Waals surface area contributed by atoms with Crippen molar-refractivity contribution in [2.75, 3.05) is 6.54 Å². The Hall–Kier alpha value is -1.74. The summed E-state index contributed by atoms with van der Waals surface area (Å²) in [6.45, 7) is 0.679. The molecule has 2 heterocycles. The SMILES string of the molecule is OC1CCC/C(=C/C=C2\CCCC3C(C4(C/C=C/C(O)(C(F)(F)F)C(F)(F)F)CC4)=CCN23)C1. The molecule has 2 unspecified atom stereocenters. The number of rotatable bonds is 5. The minimum atomic E-state index is -5.84. The molecule has 0 bridgehead atoms. The van der Waals surface area contributed by atoms with Crippen LogP contribution in [0.25, 0.3) is 0 Å². The summed E-state index contributed by atoms with van der Waals surface area (Å²) >= 11 is 0. The van der Waals surface area contributed by atoms with E-state index in [0.717, 1.165) is 50.2 Å². The Bertz CT molecular complexity index is 880. The van der Waals surface area contributed by atoms with Gasteiger partial charge in [0.2, 0.25) is 0 Å². The van der Waals surface area contributed by atoms with E-state index in [9.17, 15) is 36.6 Å². The normalized spacial score (nSPS) is 30.2. The third kappa shape index (κ3) is 4.83. The topological polar surface area (TPSA) is 43.7 Å². The molecular weight excluding hydrogens is 460 g/mol. The summed E-state index contributed by atoms with van der Waals surface area (Å²) < 4.78 is 77.8. The van der Waals surface area contributed by atoms with Gasteiger partial charge in [-0.1, -0.05) is 23.8 Å². The van der Waals surface area contributed by atoms with E-state index in [1.54, 1.807) is 0 Å². The first kappa shape index (κ1) is 25.4. The zero-order valence-electron chi connectivity index (χ0n) is 18.9. The van der Waals surface area contributed by atoms with Crippen LogP contribution in [-0.2, 0) is 0 Å². The Morgan fingerprint density at radius 1 is 1.00 bits per heavy atom. The molecule has 0 aromatic rings. The van der Waals surface area contributed by atoms with Crippen molar-refractivity contribution in [2.45, 2.75) is 94.3 Å². The predicted molar refractivity (Wildman–Crippen MR) is 116 cm³/mol. The van der Waals surface area contributed by atoms with E-state index in [-0.39, 0.29) is 24.6 Å². The van der Waals surface area contributed by atoms with Crippen LogP contribution >= 0.6 is 0 Å². The van der Waals surface area contributed by atoms with Crippen LogP contribution < -0.4 is 0 Å². The van der Waals surface area contributed by atoms with Gasteiger partial charge in [0, 0.05) is 12.2 Å². The minimum Gasteiger partial charge on any atom is -0.393 e. The highest BCUT2D eigenvalue weighted by Gasteiger charge is 2.69. The van der Waals surface area contributed by atoms with Gasteiger partial charge in [-0.3, -0.25) is 0 Å². The summed E-state index contributed by atoms with van der Waals surface area (Å²) in [5, 5.41) is 19.3. The molecule has 2 saturated carbocycles. The molecule has 0 radical (unpaired) electrons. The van der Waals surface area contributed by atoms with Crippen LogP contribution in [0.15, 0.2) is 47.2 Å². The van der Waals surface area contributed by atoms with Gasteiger partial charge in [-0.15, -0.1) is 0 Å². The molecule has 1 saturated heterocycles. The fraction of sp³-hybridized carbons (Fsp3) is 0.680. The Morgan fingerprint density at radius 2 is 1.68 bits per heavy atom. The number of fused-ring (bicyclic) bond motifs is 1. The molecule has 3 fully saturated rings. The smallest absolute Gasteiger partial charge is 0.393 e. The molecule has 9 heteroatoms. The number of piperidine rings is 1. The van der Waals surface area contributed by atoms with Gasteiger partial charge in [0.25, 0.3) is 5.60 Å². The molecule has 2 N–H and O–H groups in total. The lowest BCUT2D eigenvalue weighted by Crippen LogP contribution is -2.55. The van der Waals surface area contributed by atoms with Gasteiger partial charge >= 0.3 is 12.4 Å². The Balaban J connectivity index is 1.46. The standard InChI is InChI=1S/C25H31F6NO2/c26-24(27,28)23(34,25(29,30)31)12-3-11-22(13-14-22)20-10-15-32-18(5-2-7-21(20)32)9-8-17-4-1-6-19(33)16-17/h3,8-10,12,19,21,33-34H,1-2,4-7,11,13-16H2/b12-3+,17-8-,18-9+. The summed E-state index contributed by atoms with van der Waals surface area (Å²) in [6.07, 6.45) is 2.78. The van der Waals surface area contributed by atoms with E-state index >= 15 is 0 Å². The fourth-order valence-electron chi connectivity index (χ4n) is 5.63. The molecule has 2 aliphatic carbocycles. The number of nitrogens with zero attached hydrogens (tertiary/aromatic N) is 1. The van der Waals surface area contributed by atoms with E-state index in [0.29, 0.717) is 25.8 Å². The van der Waals surface area contributed by atoms with Crippen molar-refractivity contribution >= 4 is 0 Å². The first-order chi connectivity index (χ1) is 15.9. The molecule has 2 aliphatic heterocycles. The predicted octanol–water partition coefficient (Wildman–Crippen LogP) is 6.11. The van der Waals surface area contributed by atoms with Gasteiger partial charge in [0.05, 0.1) is 12.1 Å². The summed E-state index contributed by atoms with van der Waals surface area (Å²) in [5.74, 6) is 0. The number of hydrogen-bond acceptors (Lipinski definition) is 3. The Kier molecular flexibility index (Phi) is 6.74. The zero-order valence-corrected chi connectivity index (χ0v) is 18.9. The lowest BCUT2D eigenvalue weighted by molar-refractivity contribution is -0.347. The summed E-state index contributed by atoms with van der Waals surface area (Å²) in [6, 6.07) is 0.107. The molecule has 2 atom stereocenters. The number of allylic oxidation sites excluding steroid dienone is 4. The second-order valence-electron chi connectivity index (χ2n) is 10.1. The van der Waals surface area contributed by atoms with E-state index in [1.165, 1.54) is 11.3 Å². The average Bonchev–Trinajstić information content (AvgIpc) is 3.39. The number of aliphatic hydroxyl groups is 2. The summed E-state index contributed by atoms with van der Waals surface area (Å²) in [4.78, 5) is 2.29. The first-order valence-electron chi connectivity index (χ1n) is 11.9. The lowest BCUT2D eigenvalue weighted by atomic mass is 9.83. The van der Waals surface area contributed by atoms with Gasteiger partial charge in [0.1, 0.15) is 0 Å². The zero-order chi connectivity index (χ0) is 24.8. The maximum Gasteiger partial charge on any atom is 0.429 e. The second-order valence-corrected chi connectivity index (χ2v) is 10.1. The highest BCUT2D eigenvalue weighted by Crippen LogP contribution is 2.59. The molecule has 3 nitrogen and oxygen atoms in total. The van der Waals surface area contributed by atoms with Gasteiger partial charge in [-0.25, -0.2) is 0 Å². The quantitative estimate of drug-likeness (QED) is 0.360. The highest BCUT2D eigenvalue weighted by atomic mass is 19.4. The van der Waals surface area contributed by atoms with E-state index in [2.05, 4.69) is 23.1 Å². The van der Waals surface area contributed by atoms with E-state index in [1.807, 2.05) is 0 Å². The van der Waals surface area contributed by atoms with E-state index in [4.69, 9.17) is 0 Å². The van der Waals surface area contributed by atoms with Crippen LogP contribution in [0.1, 0.15) is 64.2 Å². The summed E-state index contributed by atoms with van der Waals surface area (Å²) in [7, 11) is 0. The minimum absolute atomic E-state index is 0.0403. The van der Waals surface area contributed by atoms with Crippen LogP contribution in [0.3, 0.4) is 0 Å². The van der Waals surface area contributed by atoms with Crippen molar-refractivity contribution in [3.05, 3.63) is 47.2 Å². The number of halogens is 6. The maximum atomic E-state index is 13.0. The van der Waals surface area contributed by atoms with E-state index < -0.39 is 23.4 Å². The molecule has 34 heavy (non-hydrogen) atoms. The van der Waals surface area contributed by atoms with Gasteiger partial charge in [-0.05, 0) is 87.3 Å². The molecule has 0 spiro atoms. The lowest BCUT2D eigenvalue weighted by Gasteiger charge is -2.38. The number of aliphatic hydroxyl groups excluding tert-OH is 1. The van der Waals surface area contributed by atoms with Crippen molar-refractivity contribution in [1.29, 1.82) is 0 Å². The van der Waals surface area contributed by atoms with Crippen LogP contribution in [0.5, 0.6) is 0 Å². The van der Waals surface area contributed by atoms with Crippen LogP contribution in [0.2, 0.25) is 0 Å². The highest BCUT2D eigenvalue weighted by molar-refractivity contribution is 5.36. The molecule has 0 aromatic heterocycles. The van der Waals surface area contributed by atoms with Crippen molar-refractivity contribution in [3.63, 3.8) is 0 Å². The molecule has 0 aromatic carbocycles. The Labute approximate surface area is 195 Å². The third-order valence-electron chi connectivity index (χ3n) is 7.76. The first-order valence-corrected chi connectivity index (χ1v) is 11.9. The van der Waals surface area contributed by atoms with Crippen molar-refractivity contribution < 1.29 is 36.6 Å². The Morgan fingerprint density at radius 3 is 2.29 bits per heavy atom. The van der Waals surface area contributed by atoms with Crippen LogP contribution in [0, 0.1) is 5.41 Å². The largest absolute Gasteiger partial charge is 0.429 e. The molecule has 0 amide bonds. The average molecular weight is 492 g/mol. The molecular formula is C25H31F6NO2. The van der Waals surface area contributed by atoms with Gasteiger partial charge in [-0.2, -0.15) is 26.3 Å². The molecule has 4 aliphatic rings. The van der Waals surface area contributed by atoms with Crippen LogP contribution in [-0.4, -0.2) is 51.8 Å².